The summed E-state index contributed by atoms with van der Waals surface area (Å²) in [5, 5.41) is 11.7. The number of carbonyl (C=O) groups is 2. The predicted molar refractivity (Wildman–Crippen MR) is 84.6 cm³/mol. The van der Waals surface area contributed by atoms with Crippen molar-refractivity contribution in [1.82, 2.24) is 9.62 Å². The summed E-state index contributed by atoms with van der Waals surface area (Å²) in [6.07, 6.45) is 0. The van der Waals surface area contributed by atoms with Gasteiger partial charge in [0.2, 0.25) is 15.9 Å². The van der Waals surface area contributed by atoms with Crippen molar-refractivity contribution in [3.05, 3.63) is 29.3 Å². The van der Waals surface area contributed by atoms with E-state index in [9.17, 15) is 23.1 Å². The van der Waals surface area contributed by atoms with E-state index < -0.39 is 22.0 Å². The van der Waals surface area contributed by atoms with Gasteiger partial charge >= 0.3 is 5.97 Å². The second-order valence-electron chi connectivity index (χ2n) is 5.54. The minimum Gasteiger partial charge on any atom is -0.480 e. The normalized spacial score (nSPS) is 15.1. The van der Waals surface area contributed by atoms with Gasteiger partial charge in [0, 0.05) is 20.0 Å². The molecule has 2 N–H and O–H groups in total. The number of fused-ring (bicyclic) bond motifs is 1. The zero-order valence-corrected chi connectivity index (χ0v) is 14.3. The van der Waals surface area contributed by atoms with Crippen LogP contribution in [0.4, 0.5) is 0 Å². The molecule has 1 aliphatic heterocycles. The highest BCUT2D eigenvalue weighted by Crippen LogP contribution is 2.25. The van der Waals surface area contributed by atoms with Crippen LogP contribution in [0, 0.1) is 0 Å². The van der Waals surface area contributed by atoms with Crippen LogP contribution < -0.4 is 5.32 Å². The molecule has 132 valence electrons. The third-order valence-corrected chi connectivity index (χ3v) is 5.76. The first-order valence-electron chi connectivity index (χ1n) is 7.42. The molecular weight excluding hydrogens is 336 g/mol. The molecule has 0 aliphatic carbocycles. The molecule has 1 aromatic rings. The molecule has 1 amide bonds. The number of hydrogen-bond donors (Lipinski definition) is 2. The van der Waals surface area contributed by atoms with Crippen molar-refractivity contribution in [3.8, 4) is 0 Å². The fourth-order valence-electron chi connectivity index (χ4n) is 2.43. The summed E-state index contributed by atoms with van der Waals surface area (Å²) in [7, 11) is -4.02. The highest BCUT2D eigenvalue weighted by Gasteiger charge is 2.33. The molecule has 0 radical (unpaired) electrons. The smallest absolute Gasteiger partial charge is 0.321 e. The number of benzene rings is 1. The van der Waals surface area contributed by atoms with Crippen molar-refractivity contribution in [3.63, 3.8) is 0 Å². The third kappa shape index (κ3) is 3.92. The minimum atomic E-state index is -4.02. The lowest BCUT2D eigenvalue weighted by Gasteiger charge is -2.26. The van der Waals surface area contributed by atoms with Crippen LogP contribution in [0.3, 0.4) is 0 Å². The number of sulfonamides is 1. The molecule has 0 fully saturated rings. The summed E-state index contributed by atoms with van der Waals surface area (Å²) >= 11 is 0. The van der Waals surface area contributed by atoms with E-state index in [1.165, 1.54) is 26.0 Å². The van der Waals surface area contributed by atoms with E-state index >= 15 is 0 Å². The van der Waals surface area contributed by atoms with Crippen LogP contribution in [0.15, 0.2) is 23.1 Å². The van der Waals surface area contributed by atoms with Gasteiger partial charge in [-0.25, -0.2) is 8.42 Å². The van der Waals surface area contributed by atoms with Gasteiger partial charge in [0.15, 0.2) is 0 Å². The number of amides is 1. The molecule has 2 rings (SSSR count). The van der Waals surface area contributed by atoms with E-state index in [-0.39, 0.29) is 23.9 Å². The topological polar surface area (TPSA) is 113 Å². The van der Waals surface area contributed by atoms with Gasteiger partial charge < -0.3 is 15.2 Å². The Morgan fingerprint density at radius 2 is 2.00 bits per heavy atom. The Balaban J connectivity index is 2.31. The fraction of sp³-hybridized carbons (Fsp3) is 0.467. The molecule has 0 bridgehead atoms. The van der Waals surface area contributed by atoms with Crippen molar-refractivity contribution in [2.24, 2.45) is 0 Å². The number of aliphatic carboxylic acids is 1. The second kappa shape index (κ2) is 7.29. The lowest BCUT2D eigenvalue weighted by Crippen LogP contribution is -2.46. The first kappa shape index (κ1) is 18.4. The zero-order chi connectivity index (χ0) is 17.9. The van der Waals surface area contributed by atoms with Crippen molar-refractivity contribution < 1.29 is 27.9 Å². The molecule has 0 saturated heterocycles. The fourth-order valence-corrected chi connectivity index (χ4v) is 4.07. The molecule has 1 unspecified atom stereocenters. The molecule has 1 aliphatic rings. The Bertz CT molecular complexity index is 746. The van der Waals surface area contributed by atoms with Crippen molar-refractivity contribution in [2.75, 3.05) is 13.1 Å². The SMILES string of the molecule is CC(=O)NCCN(C(C)C(=O)O)S(=O)(=O)c1ccc2c(c1)COC2. The summed E-state index contributed by atoms with van der Waals surface area (Å²) in [5.41, 5.74) is 1.70. The maximum atomic E-state index is 12.9. The number of hydrogen-bond acceptors (Lipinski definition) is 5. The second-order valence-corrected chi connectivity index (χ2v) is 7.43. The summed E-state index contributed by atoms with van der Waals surface area (Å²) in [6, 6.07) is 3.38. The molecule has 24 heavy (non-hydrogen) atoms. The van der Waals surface area contributed by atoms with Crippen LogP contribution in [0.2, 0.25) is 0 Å². The van der Waals surface area contributed by atoms with E-state index in [4.69, 9.17) is 4.74 Å². The summed E-state index contributed by atoms with van der Waals surface area (Å²) in [5.74, 6) is -1.57. The lowest BCUT2D eigenvalue weighted by molar-refractivity contribution is -0.140. The van der Waals surface area contributed by atoms with Gasteiger partial charge in [-0.3, -0.25) is 9.59 Å². The number of ether oxygens (including phenoxy) is 1. The van der Waals surface area contributed by atoms with E-state index in [1.54, 1.807) is 6.07 Å². The molecule has 0 aromatic heterocycles. The quantitative estimate of drug-likeness (QED) is 0.727. The van der Waals surface area contributed by atoms with Crippen LogP contribution in [-0.4, -0.2) is 48.8 Å². The van der Waals surface area contributed by atoms with Crippen LogP contribution in [0.5, 0.6) is 0 Å². The highest BCUT2D eigenvalue weighted by atomic mass is 32.2. The van der Waals surface area contributed by atoms with Gasteiger partial charge in [-0.15, -0.1) is 0 Å². The lowest BCUT2D eigenvalue weighted by atomic mass is 10.1. The molecule has 0 spiro atoms. The van der Waals surface area contributed by atoms with Crippen molar-refractivity contribution in [2.45, 2.75) is 38.0 Å². The molecule has 1 heterocycles. The maximum Gasteiger partial charge on any atom is 0.321 e. The van der Waals surface area contributed by atoms with Crippen LogP contribution >= 0.6 is 0 Å². The predicted octanol–water partition coefficient (Wildman–Crippen LogP) is 0.317. The van der Waals surface area contributed by atoms with E-state index in [2.05, 4.69) is 5.32 Å². The standard InChI is InChI=1S/C15H20N2O6S/c1-10(15(19)20)17(6-5-16-11(2)18)24(21,22)14-4-3-12-8-23-9-13(12)7-14/h3-4,7,10H,5-6,8-9H2,1-2H3,(H,16,18)(H,19,20). The summed E-state index contributed by atoms with van der Waals surface area (Å²) < 4.78 is 31.9. The first-order chi connectivity index (χ1) is 11.2. The van der Waals surface area contributed by atoms with Crippen LogP contribution in [0.25, 0.3) is 0 Å². The largest absolute Gasteiger partial charge is 0.480 e. The van der Waals surface area contributed by atoms with Gasteiger partial charge in [0.25, 0.3) is 0 Å². The molecule has 0 saturated carbocycles. The maximum absolute atomic E-state index is 12.9. The van der Waals surface area contributed by atoms with Crippen LogP contribution in [0.1, 0.15) is 25.0 Å². The van der Waals surface area contributed by atoms with Gasteiger partial charge in [-0.05, 0) is 30.2 Å². The third-order valence-electron chi connectivity index (χ3n) is 3.79. The zero-order valence-electron chi connectivity index (χ0n) is 13.5. The minimum absolute atomic E-state index is 0.0164. The number of carboxylic acids is 1. The van der Waals surface area contributed by atoms with E-state index in [0.717, 1.165) is 15.4 Å². The Hall–Kier alpha value is -1.97. The molecule has 8 nitrogen and oxygen atoms in total. The van der Waals surface area contributed by atoms with Gasteiger partial charge in [-0.1, -0.05) is 6.07 Å². The van der Waals surface area contributed by atoms with Gasteiger partial charge in [-0.2, -0.15) is 4.31 Å². The Kier molecular flexibility index (Phi) is 5.58. The molecule has 9 heteroatoms. The Morgan fingerprint density at radius 3 is 2.62 bits per heavy atom. The van der Waals surface area contributed by atoms with Gasteiger partial charge in [0.05, 0.1) is 18.1 Å². The summed E-state index contributed by atoms with van der Waals surface area (Å²) in [4.78, 5) is 22.3. The van der Waals surface area contributed by atoms with Crippen LogP contribution in [-0.2, 0) is 37.6 Å². The summed E-state index contributed by atoms with van der Waals surface area (Å²) in [6.45, 7) is 3.26. The number of nitrogens with zero attached hydrogens (tertiary/aromatic N) is 1. The average Bonchev–Trinajstić information content (AvgIpc) is 2.97. The van der Waals surface area contributed by atoms with Crippen molar-refractivity contribution >= 4 is 21.9 Å². The molecular formula is C15H20N2O6S. The average molecular weight is 356 g/mol. The van der Waals surface area contributed by atoms with E-state index in [1.807, 2.05) is 0 Å². The van der Waals surface area contributed by atoms with Gasteiger partial charge in [0.1, 0.15) is 6.04 Å². The van der Waals surface area contributed by atoms with E-state index in [0.29, 0.717) is 13.2 Å². The number of nitrogens with one attached hydrogen (secondary N) is 1. The number of rotatable bonds is 7. The van der Waals surface area contributed by atoms with Crippen molar-refractivity contribution in [1.29, 1.82) is 0 Å². The highest BCUT2D eigenvalue weighted by molar-refractivity contribution is 7.89. The Labute approximate surface area is 140 Å². The Morgan fingerprint density at radius 1 is 1.33 bits per heavy atom. The molecule has 1 aromatic carbocycles. The number of carbonyl (C=O) groups excluding carboxylic acids is 1. The first-order valence-corrected chi connectivity index (χ1v) is 8.86. The number of carboxylic acid groups (broad SMARTS) is 1. The molecule has 1 atom stereocenters. The monoisotopic (exact) mass is 356 g/mol.